The average Bonchev–Trinajstić information content (AvgIpc) is 2.53. The summed E-state index contributed by atoms with van der Waals surface area (Å²) < 4.78 is 0. The summed E-state index contributed by atoms with van der Waals surface area (Å²) in [5.74, 6) is -1.74. The third-order valence-electron chi connectivity index (χ3n) is 3.44. The number of carbonyl (C=O) groups is 2. The zero-order chi connectivity index (χ0) is 13.5. The molecular formula is C12H22N2O4. The van der Waals surface area contributed by atoms with Crippen LogP contribution in [-0.4, -0.2) is 40.8 Å². The van der Waals surface area contributed by atoms with E-state index in [0.29, 0.717) is 6.42 Å². The normalized spacial score (nSPS) is 26.1. The lowest BCUT2D eigenvalue weighted by Gasteiger charge is -2.22. The van der Waals surface area contributed by atoms with Gasteiger partial charge in [0.05, 0.1) is 5.92 Å². The molecule has 0 aliphatic heterocycles. The zero-order valence-electron chi connectivity index (χ0n) is 10.5. The molecule has 0 heterocycles. The first-order valence-electron chi connectivity index (χ1n) is 6.46. The van der Waals surface area contributed by atoms with Crippen LogP contribution in [-0.2, 0) is 9.59 Å². The number of aliphatic hydroxyl groups is 1. The molecule has 0 aromatic rings. The first-order chi connectivity index (χ1) is 8.56. The minimum absolute atomic E-state index is 0.0169. The molecule has 0 saturated heterocycles. The van der Waals surface area contributed by atoms with Crippen molar-refractivity contribution in [1.29, 1.82) is 0 Å². The minimum Gasteiger partial charge on any atom is -0.480 e. The van der Waals surface area contributed by atoms with E-state index in [0.717, 1.165) is 25.7 Å². The number of hydrogen-bond donors (Lipinski definition) is 4. The third kappa shape index (κ3) is 4.27. The number of hydrogen-bond acceptors (Lipinski definition) is 4. The number of aliphatic carboxylic acids is 1. The molecule has 0 spiro atoms. The Hall–Kier alpha value is -1.14. The first-order valence-corrected chi connectivity index (χ1v) is 6.46. The molecule has 1 aliphatic carbocycles. The van der Waals surface area contributed by atoms with E-state index in [4.69, 9.17) is 15.9 Å². The highest BCUT2D eigenvalue weighted by atomic mass is 16.4. The summed E-state index contributed by atoms with van der Waals surface area (Å²) in [6.07, 6.45) is 4.56. The highest BCUT2D eigenvalue weighted by Crippen LogP contribution is 2.22. The number of carbonyl (C=O) groups excluding carboxylic acids is 1. The van der Waals surface area contributed by atoms with Gasteiger partial charge in [-0.15, -0.1) is 0 Å². The summed E-state index contributed by atoms with van der Waals surface area (Å²) in [6, 6.07) is -1.23. The number of nitrogens with two attached hydrogens (primary N) is 1. The van der Waals surface area contributed by atoms with Crippen LogP contribution in [0, 0.1) is 5.92 Å². The maximum atomic E-state index is 12.0. The molecule has 1 saturated carbocycles. The van der Waals surface area contributed by atoms with Crippen LogP contribution in [0.2, 0.25) is 0 Å². The molecule has 104 valence electrons. The molecule has 5 N–H and O–H groups in total. The van der Waals surface area contributed by atoms with Gasteiger partial charge < -0.3 is 21.3 Å². The van der Waals surface area contributed by atoms with E-state index in [9.17, 15) is 9.59 Å². The van der Waals surface area contributed by atoms with Gasteiger partial charge in [-0.3, -0.25) is 4.79 Å². The predicted octanol–water partition coefficient (Wildman–Crippen LogP) is -0.154. The van der Waals surface area contributed by atoms with E-state index in [2.05, 4.69) is 5.32 Å². The van der Waals surface area contributed by atoms with Gasteiger partial charge in [-0.1, -0.05) is 19.3 Å². The van der Waals surface area contributed by atoms with Crippen LogP contribution in [0.3, 0.4) is 0 Å². The van der Waals surface area contributed by atoms with Crippen molar-refractivity contribution < 1.29 is 19.8 Å². The van der Waals surface area contributed by atoms with Gasteiger partial charge in [0.15, 0.2) is 0 Å². The van der Waals surface area contributed by atoms with Gasteiger partial charge in [-0.05, 0) is 12.8 Å². The van der Waals surface area contributed by atoms with Gasteiger partial charge in [0.1, 0.15) is 6.04 Å². The standard InChI is InChI=1S/C12H22N2O4/c13-9-5-3-1-2-4-8(9)11(16)14-10(6-7-15)12(17)18/h8-10,15H,1-7,13H2,(H,14,16)(H,17,18). The zero-order valence-corrected chi connectivity index (χ0v) is 10.5. The van der Waals surface area contributed by atoms with Crippen LogP contribution < -0.4 is 11.1 Å². The van der Waals surface area contributed by atoms with E-state index in [1.54, 1.807) is 0 Å². The van der Waals surface area contributed by atoms with Gasteiger partial charge in [0, 0.05) is 19.1 Å². The van der Waals surface area contributed by atoms with Crippen molar-refractivity contribution in [2.45, 2.75) is 50.6 Å². The van der Waals surface area contributed by atoms with Gasteiger partial charge in [0.25, 0.3) is 0 Å². The van der Waals surface area contributed by atoms with Crippen molar-refractivity contribution in [2.75, 3.05) is 6.61 Å². The van der Waals surface area contributed by atoms with Crippen molar-refractivity contribution in [1.82, 2.24) is 5.32 Å². The van der Waals surface area contributed by atoms with Gasteiger partial charge in [-0.2, -0.15) is 0 Å². The predicted molar refractivity (Wildman–Crippen MR) is 65.8 cm³/mol. The molecule has 18 heavy (non-hydrogen) atoms. The Morgan fingerprint density at radius 2 is 1.94 bits per heavy atom. The smallest absolute Gasteiger partial charge is 0.326 e. The van der Waals surface area contributed by atoms with Crippen molar-refractivity contribution in [2.24, 2.45) is 11.7 Å². The highest BCUT2D eigenvalue weighted by Gasteiger charge is 2.29. The van der Waals surface area contributed by atoms with Crippen molar-refractivity contribution in [3.05, 3.63) is 0 Å². The average molecular weight is 258 g/mol. The number of carboxylic acid groups (broad SMARTS) is 1. The fraction of sp³-hybridized carbons (Fsp3) is 0.833. The first kappa shape index (κ1) is 14.9. The van der Waals surface area contributed by atoms with Crippen LogP contribution in [0.5, 0.6) is 0 Å². The minimum atomic E-state index is -1.13. The van der Waals surface area contributed by atoms with Crippen molar-refractivity contribution in [3.8, 4) is 0 Å². The molecule has 1 rings (SSSR count). The van der Waals surface area contributed by atoms with E-state index < -0.39 is 12.0 Å². The highest BCUT2D eigenvalue weighted by molar-refractivity contribution is 5.85. The SMILES string of the molecule is NC1CCCCCC1C(=O)NC(CCO)C(=O)O. The van der Waals surface area contributed by atoms with Crippen LogP contribution in [0.4, 0.5) is 0 Å². The molecule has 3 unspecified atom stereocenters. The summed E-state index contributed by atoms with van der Waals surface area (Å²) in [6.45, 7) is -0.270. The van der Waals surface area contributed by atoms with Crippen LogP contribution in [0.1, 0.15) is 38.5 Å². The summed E-state index contributed by atoms with van der Waals surface area (Å²) >= 11 is 0. The molecule has 0 radical (unpaired) electrons. The molecule has 0 aromatic carbocycles. The maximum absolute atomic E-state index is 12.0. The number of rotatable bonds is 5. The van der Waals surface area contributed by atoms with Crippen molar-refractivity contribution >= 4 is 11.9 Å². The van der Waals surface area contributed by atoms with Gasteiger partial charge in [-0.25, -0.2) is 4.79 Å². The largest absolute Gasteiger partial charge is 0.480 e. The van der Waals surface area contributed by atoms with Crippen LogP contribution >= 0.6 is 0 Å². The molecule has 1 aliphatic rings. The van der Waals surface area contributed by atoms with Crippen LogP contribution in [0.15, 0.2) is 0 Å². The molecular weight excluding hydrogens is 236 g/mol. The Balaban J connectivity index is 2.58. The quantitative estimate of drug-likeness (QED) is 0.512. The maximum Gasteiger partial charge on any atom is 0.326 e. The number of carboxylic acids is 1. The van der Waals surface area contributed by atoms with Gasteiger partial charge in [0.2, 0.25) is 5.91 Å². The third-order valence-corrected chi connectivity index (χ3v) is 3.44. The fourth-order valence-corrected chi connectivity index (χ4v) is 2.33. The Labute approximate surface area is 107 Å². The molecule has 1 fully saturated rings. The Kier molecular flexibility index (Phi) is 6.07. The molecule has 3 atom stereocenters. The topological polar surface area (TPSA) is 113 Å². The van der Waals surface area contributed by atoms with Gasteiger partial charge >= 0.3 is 5.97 Å². The second kappa shape index (κ2) is 7.33. The lowest BCUT2D eigenvalue weighted by Crippen LogP contribution is -2.48. The number of aliphatic hydroxyl groups excluding tert-OH is 1. The summed E-state index contributed by atoms with van der Waals surface area (Å²) in [5, 5.41) is 20.1. The lowest BCUT2D eigenvalue weighted by atomic mass is 9.94. The second-order valence-electron chi connectivity index (χ2n) is 4.82. The van der Waals surface area contributed by atoms with E-state index >= 15 is 0 Å². The van der Waals surface area contributed by atoms with E-state index in [1.807, 2.05) is 0 Å². The van der Waals surface area contributed by atoms with Crippen LogP contribution in [0.25, 0.3) is 0 Å². The summed E-state index contributed by atoms with van der Waals surface area (Å²) in [4.78, 5) is 22.9. The molecule has 0 bridgehead atoms. The second-order valence-corrected chi connectivity index (χ2v) is 4.82. The van der Waals surface area contributed by atoms with E-state index in [-0.39, 0.29) is 30.9 Å². The number of amides is 1. The van der Waals surface area contributed by atoms with Crippen molar-refractivity contribution in [3.63, 3.8) is 0 Å². The molecule has 0 aromatic heterocycles. The monoisotopic (exact) mass is 258 g/mol. The Bertz CT molecular complexity index is 296. The summed E-state index contributed by atoms with van der Waals surface area (Å²) in [5.41, 5.74) is 5.95. The fourth-order valence-electron chi connectivity index (χ4n) is 2.33. The summed E-state index contributed by atoms with van der Waals surface area (Å²) in [7, 11) is 0. The molecule has 6 heteroatoms. The Morgan fingerprint density at radius 1 is 1.28 bits per heavy atom. The van der Waals surface area contributed by atoms with E-state index in [1.165, 1.54) is 0 Å². The molecule has 1 amide bonds. The number of nitrogens with one attached hydrogen (secondary N) is 1. The Morgan fingerprint density at radius 3 is 2.56 bits per heavy atom. The lowest BCUT2D eigenvalue weighted by molar-refractivity contribution is -0.143. The molecule has 6 nitrogen and oxygen atoms in total.